The number of urea groups is 1. The minimum Gasteiger partial charge on any atom is -0.313 e. The Labute approximate surface area is 175 Å². The molecular formula is C22H15F2N3O4. The first kappa shape index (κ1) is 21.3. The van der Waals surface area contributed by atoms with Gasteiger partial charge in [0.2, 0.25) is 0 Å². The van der Waals surface area contributed by atoms with Gasteiger partial charge in [0, 0.05) is 5.69 Å². The number of amides is 3. The highest BCUT2D eigenvalue weighted by molar-refractivity contribution is 6.08. The first-order valence-electron chi connectivity index (χ1n) is 8.90. The summed E-state index contributed by atoms with van der Waals surface area (Å²) in [4.78, 5) is 40.4. The van der Waals surface area contributed by atoms with Crippen molar-refractivity contribution in [2.75, 3.05) is 5.32 Å². The number of benzene rings is 3. The molecule has 0 aromatic heterocycles. The monoisotopic (exact) mass is 423 g/mol. The summed E-state index contributed by atoms with van der Waals surface area (Å²) < 4.78 is 27.2. The summed E-state index contributed by atoms with van der Waals surface area (Å²) in [5, 5.41) is 7.82. The standard InChI is InChI=1S/C22H15F2N3O4/c23-17-7-4-8-18(24)19(17)20(28)27-22(30)26-16-11-9-14(10-12-16)13-25-31-21(29)15-5-2-1-3-6-15/h1-13H,(H2,26,27,28,30)/b25-13+. The molecule has 9 heteroatoms. The maximum absolute atomic E-state index is 13.6. The first-order valence-corrected chi connectivity index (χ1v) is 8.90. The Morgan fingerprint density at radius 1 is 0.839 bits per heavy atom. The maximum Gasteiger partial charge on any atom is 0.365 e. The smallest absolute Gasteiger partial charge is 0.313 e. The van der Waals surface area contributed by atoms with Gasteiger partial charge in [0.15, 0.2) is 0 Å². The van der Waals surface area contributed by atoms with Crippen LogP contribution in [-0.4, -0.2) is 24.1 Å². The van der Waals surface area contributed by atoms with Crippen molar-refractivity contribution < 1.29 is 28.0 Å². The molecule has 0 radical (unpaired) electrons. The minimum absolute atomic E-state index is 0.303. The number of rotatable bonds is 5. The number of hydrogen-bond donors (Lipinski definition) is 2. The highest BCUT2D eigenvalue weighted by Gasteiger charge is 2.19. The molecule has 0 saturated carbocycles. The fourth-order valence-electron chi connectivity index (χ4n) is 2.46. The molecule has 31 heavy (non-hydrogen) atoms. The zero-order chi connectivity index (χ0) is 22.2. The van der Waals surface area contributed by atoms with Crippen LogP contribution >= 0.6 is 0 Å². The van der Waals surface area contributed by atoms with E-state index < -0.39 is 35.1 Å². The molecule has 0 aliphatic rings. The number of imide groups is 1. The van der Waals surface area contributed by atoms with Crippen molar-refractivity contribution >= 4 is 29.8 Å². The average Bonchev–Trinajstić information content (AvgIpc) is 2.75. The molecule has 0 aliphatic carbocycles. The van der Waals surface area contributed by atoms with Crippen LogP contribution < -0.4 is 10.6 Å². The molecule has 3 amide bonds. The van der Waals surface area contributed by atoms with Gasteiger partial charge in [0.05, 0.1) is 11.8 Å². The number of carbonyl (C=O) groups is 3. The molecule has 0 bridgehead atoms. The molecule has 0 spiro atoms. The van der Waals surface area contributed by atoms with Crippen LogP contribution in [0.4, 0.5) is 19.3 Å². The summed E-state index contributed by atoms with van der Waals surface area (Å²) in [5.41, 5.74) is 0.373. The van der Waals surface area contributed by atoms with Crippen LogP contribution in [0, 0.1) is 11.6 Å². The Hall–Kier alpha value is -4.40. The van der Waals surface area contributed by atoms with E-state index in [1.54, 1.807) is 42.5 Å². The van der Waals surface area contributed by atoms with E-state index >= 15 is 0 Å². The van der Waals surface area contributed by atoms with Crippen molar-refractivity contribution in [3.05, 3.63) is 101 Å². The molecule has 2 N–H and O–H groups in total. The summed E-state index contributed by atoms with van der Waals surface area (Å²) in [6.07, 6.45) is 1.30. The summed E-state index contributed by atoms with van der Waals surface area (Å²) in [6.45, 7) is 0. The van der Waals surface area contributed by atoms with Gasteiger partial charge >= 0.3 is 12.0 Å². The molecule has 0 unspecified atom stereocenters. The molecule has 0 aliphatic heterocycles. The second-order valence-corrected chi connectivity index (χ2v) is 6.11. The average molecular weight is 423 g/mol. The van der Waals surface area contributed by atoms with Crippen molar-refractivity contribution in [1.29, 1.82) is 0 Å². The van der Waals surface area contributed by atoms with Gasteiger partial charge in [-0.05, 0) is 42.0 Å². The summed E-state index contributed by atoms with van der Waals surface area (Å²) >= 11 is 0. The Morgan fingerprint density at radius 3 is 2.13 bits per heavy atom. The van der Waals surface area contributed by atoms with Crippen molar-refractivity contribution in [1.82, 2.24) is 5.32 Å². The second-order valence-electron chi connectivity index (χ2n) is 6.11. The molecule has 3 aromatic rings. The summed E-state index contributed by atoms with van der Waals surface area (Å²) in [5.74, 6) is -3.98. The molecular weight excluding hydrogens is 408 g/mol. The van der Waals surface area contributed by atoms with E-state index in [0.717, 1.165) is 18.2 Å². The van der Waals surface area contributed by atoms with Gasteiger partial charge in [-0.25, -0.2) is 18.4 Å². The van der Waals surface area contributed by atoms with Gasteiger partial charge in [-0.15, -0.1) is 0 Å². The van der Waals surface area contributed by atoms with Crippen molar-refractivity contribution in [2.45, 2.75) is 0 Å². The zero-order valence-corrected chi connectivity index (χ0v) is 15.8. The number of oxime groups is 1. The van der Waals surface area contributed by atoms with E-state index in [0.29, 0.717) is 16.8 Å². The van der Waals surface area contributed by atoms with Crippen LogP contribution in [0.3, 0.4) is 0 Å². The van der Waals surface area contributed by atoms with Crippen LogP contribution in [0.25, 0.3) is 0 Å². The highest BCUT2D eigenvalue weighted by Crippen LogP contribution is 2.12. The number of nitrogens with one attached hydrogen (secondary N) is 2. The molecule has 0 atom stereocenters. The fraction of sp³-hybridized carbons (Fsp3) is 0. The quantitative estimate of drug-likeness (QED) is 0.367. The molecule has 3 rings (SSSR count). The topological polar surface area (TPSA) is 96.9 Å². The number of nitrogens with zero attached hydrogens (tertiary/aromatic N) is 1. The first-order chi connectivity index (χ1) is 14.9. The van der Waals surface area contributed by atoms with E-state index in [-0.39, 0.29) is 0 Å². The lowest BCUT2D eigenvalue weighted by Crippen LogP contribution is -2.35. The minimum atomic E-state index is -1.21. The van der Waals surface area contributed by atoms with E-state index in [1.165, 1.54) is 18.3 Å². The van der Waals surface area contributed by atoms with Gasteiger partial charge in [-0.3, -0.25) is 10.1 Å². The molecule has 0 saturated heterocycles. The molecule has 7 nitrogen and oxygen atoms in total. The van der Waals surface area contributed by atoms with E-state index in [1.807, 2.05) is 5.32 Å². The van der Waals surface area contributed by atoms with E-state index in [9.17, 15) is 23.2 Å². The van der Waals surface area contributed by atoms with Crippen LogP contribution in [0.5, 0.6) is 0 Å². The third-order valence-electron chi connectivity index (χ3n) is 3.93. The Morgan fingerprint density at radius 2 is 1.48 bits per heavy atom. The van der Waals surface area contributed by atoms with Gasteiger partial charge in [0.1, 0.15) is 17.2 Å². The fourth-order valence-corrected chi connectivity index (χ4v) is 2.46. The number of hydrogen-bond acceptors (Lipinski definition) is 5. The van der Waals surface area contributed by atoms with Gasteiger partial charge in [-0.2, -0.15) is 0 Å². The summed E-state index contributed by atoms with van der Waals surface area (Å²) in [7, 11) is 0. The Kier molecular flexibility index (Phi) is 6.79. The van der Waals surface area contributed by atoms with Crippen LogP contribution in [0.1, 0.15) is 26.3 Å². The summed E-state index contributed by atoms with van der Waals surface area (Å²) in [6, 6.07) is 16.4. The van der Waals surface area contributed by atoms with Crippen LogP contribution in [0.15, 0.2) is 78.0 Å². The van der Waals surface area contributed by atoms with Crippen molar-refractivity contribution in [2.24, 2.45) is 5.16 Å². The van der Waals surface area contributed by atoms with Crippen molar-refractivity contribution in [3.8, 4) is 0 Å². The van der Waals surface area contributed by atoms with E-state index in [2.05, 4.69) is 10.5 Å². The third kappa shape index (κ3) is 5.80. The molecule has 3 aromatic carbocycles. The second kappa shape index (κ2) is 9.88. The maximum atomic E-state index is 13.6. The number of halogens is 2. The normalized spacial score (nSPS) is 10.5. The lowest BCUT2D eigenvalue weighted by Gasteiger charge is -2.08. The third-order valence-corrected chi connectivity index (χ3v) is 3.93. The predicted molar refractivity (Wildman–Crippen MR) is 109 cm³/mol. The van der Waals surface area contributed by atoms with E-state index in [4.69, 9.17) is 4.84 Å². The Bertz CT molecular complexity index is 1110. The largest absolute Gasteiger partial charge is 0.365 e. The van der Waals surface area contributed by atoms with Crippen molar-refractivity contribution in [3.63, 3.8) is 0 Å². The Balaban J connectivity index is 1.53. The van der Waals surface area contributed by atoms with Crippen LogP contribution in [0.2, 0.25) is 0 Å². The predicted octanol–water partition coefficient (Wildman–Crippen LogP) is 4.12. The zero-order valence-electron chi connectivity index (χ0n) is 15.8. The lowest BCUT2D eigenvalue weighted by atomic mass is 10.2. The molecule has 0 fully saturated rings. The number of carbonyl (C=O) groups excluding carboxylic acids is 3. The van der Waals surface area contributed by atoms with Gasteiger partial charge < -0.3 is 10.2 Å². The highest BCUT2D eigenvalue weighted by atomic mass is 19.1. The van der Waals surface area contributed by atoms with Crippen LogP contribution in [-0.2, 0) is 4.84 Å². The molecule has 0 heterocycles. The SMILES string of the molecule is O=C(NC(=O)c1c(F)cccc1F)Nc1ccc(/C=N/OC(=O)c2ccccc2)cc1. The van der Waals surface area contributed by atoms with Gasteiger partial charge in [-0.1, -0.05) is 41.6 Å². The van der Waals surface area contributed by atoms with Gasteiger partial charge in [0.25, 0.3) is 5.91 Å². The lowest BCUT2D eigenvalue weighted by molar-refractivity contribution is 0.0519. The molecule has 156 valence electrons. The number of anilines is 1.